The third-order valence-corrected chi connectivity index (χ3v) is 4.26. The SMILES string of the molecule is CC(C)(C(=O)NCCC1CCC1)c1ccc(N)cc1. The Morgan fingerprint density at radius 2 is 1.95 bits per heavy atom. The summed E-state index contributed by atoms with van der Waals surface area (Å²) in [4.78, 5) is 12.3. The number of carbonyl (C=O) groups is 1. The van der Waals surface area contributed by atoms with E-state index in [1.807, 2.05) is 38.1 Å². The highest BCUT2D eigenvalue weighted by Gasteiger charge is 2.29. The molecule has 19 heavy (non-hydrogen) atoms. The summed E-state index contributed by atoms with van der Waals surface area (Å²) in [6, 6.07) is 7.55. The van der Waals surface area contributed by atoms with E-state index in [4.69, 9.17) is 5.73 Å². The van der Waals surface area contributed by atoms with E-state index in [1.165, 1.54) is 19.3 Å². The largest absolute Gasteiger partial charge is 0.399 e. The van der Waals surface area contributed by atoms with Crippen molar-refractivity contribution in [3.63, 3.8) is 0 Å². The molecule has 0 atom stereocenters. The Balaban J connectivity index is 1.89. The van der Waals surface area contributed by atoms with Gasteiger partial charge in [-0.3, -0.25) is 4.79 Å². The lowest BCUT2D eigenvalue weighted by atomic mass is 9.82. The average Bonchev–Trinajstić information content (AvgIpc) is 2.32. The van der Waals surface area contributed by atoms with Crippen molar-refractivity contribution >= 4 is 11.6 Å². The Hall–Kier alpha value is -1.51. The van der Waals surface area contributed by atoms with Gasteiger partial charge < -0.3 is 11.1 Å². The van der Waals surface area contributed by atoms with Crippen LogP contribution < -0.4 is 11.1 Å². The second-order valence-electron chi connectivity index (χ2n) is 6.09. The molecule has 3 nitrogen and oxygen atoms in total. The fourth-order valence-electron chi connectivity index (χ4n) is 2.42. The molecular weight excluding hydrogens is 236 g/mol. The standard InChI is InChI=1S/C16H24N2O/c1-16(2,13-6-8-14(17)9-7-13)15(19)18-11-10-12-4-3-5-12/h6-9,12H,3-5,10-11,17H2,1-2H3,(H,18,19). The number of benzene rings is 1. The highest BCUT2D eigenvalue weighted by atomic mass is 16.2. The van der Waals surface area contributed by atoms with Gasteiger partial charge in [0.25, 0.3) is 0 Å². The van der Waals surface area contributed by atoms with Crippen molar-refractivity contribution in [2.45, 2.75) is 44.9 Å². The van der Waals surface area contributed by atoms with E-state index in [2.05, 4.69) is 5.32 Å². The van der Waals surface area contributed by atoms with Gasteiger partial charge in [-0.2, -0.15) is 0 Å². The number of amides is 1. The lowest BCUT2D eigenvalue weighted by Gasteiger charge is -2.27. The highest BCUT2D eigenvalue weighted by Crippen LogP contribution is 2.29. The second-order valence-corrected chi connectivity index (χ2v) is 6.09. The fourth-order valence-corrected chi connectivity index (χ4v) is 2.42. The summed E-state index contributed by atoms with van der Waals surface area (Å²) in [5.41, 5.74) is 6.90. The van der Waals surface area contributed by atoms with Crippen LogP contribution in [0.3, 0.4) is 0 Å². The van der Waals surface area contributed by atoms with E-state index in [0.29, 0.717) is 0 Å². The van der Waals surface area contributed by atoms with Crippen molar-refractivity contribution in [1.82, 2.24) is 5.32 Å². The molecule has 0 spiro atoms. The summed E-state index contributed by atoms with van der Waals surface area (Å²) in [7, 11) is 0. The Bertz CT molecular complexity index is 433. The molecule has 104 valence electrons. The fraction of sp³-hybridized carbons (Fsp3) is 0.562. The topological polar surface area (TPSA) is 55.1 Å². The van der Waals surface area contributed by atoms with Gasteiger partial charge in [0, 0.05) is 12.2 Å². The van der Waals surface area contributed by atoms with Crippen LogP contribution in [0.25, 0.3) is 0 Å². The zero-order valence-corrected chi connectivity index (χ0v) is 11.9. The monoisotopic (exact) mass is 260 g/mol. The van der Waals surface area contributed by atoms with Gasteiger partial charge in [0.2, 0.25) is 5.91 Å². The predicted molar refractivity (Wildman–Crippen MR) is 78.8 cm³/mol. The molecule has 0 unspecified atom stereocenters. The Kier molecular flexibility index (Phi) is 4.13. The maximum absolute atomic E-state index is 12.3. The van der Waals surface area contributed by atoms with Crippen molar-refractivity contribution in [1.29, 1.82) is 0 Å². The van der Waals surface area contributed by atoms with Crippen LogP contribution in [0, 0.1) is 5.92 Å². The first-order valence-electron chi connectivity index (χ1n) is 7.14. The Morgan fingerprint density at radius 1 is 1.32 bits per heavy atom. The maximum atomic E-state index is 12.3. The molecule has 1 aliphatic carbocycles. The van der Waals surface area contributed by atoms with Crippen LogP contribution in [-0.2, 0) is 10.2 Å². The molecule has 1 amide bonds. The van der Waals surface area contributed by atoms with Crippen molar-refractivity contribution < 1.29 is 4.79 Å². The molecule has 0 heterocycles. The summed E-state index contributed by atoms with van der Waals surface area (Å²) in [5.74, 6) is 0.927. The number of anilines is 1. The third kappa shape index (κ3) is 3.28. The smallest absolute Gasteiger partial charge is 0.230 e. The summed E-state index contributed by atoms with van der Waals surface area (Å²) in [6.45, 7) is 4.70. The van der Waals surface area contributed by atoms with E-state index in [1.54, 1.807) is 0 Å². The number of hydrogen-bond donors (Lipinski definition) is 2. The van der Waals surface area contributed by atoms with Crippen molar-refractivity contribution in [2.24, 2.45) is 5.92 Å². The molecule has 0 aromatic heterocycles. The molecule has 0 saturated heterocycles. The maximum Gasteiger partial charge on any atom is 0.230 e. The second kappa shape index (κ2) is 5.64. The van der Waals surface area contributed by atoms with Crippen molar-refractivity contribution in [3.05, 3.63) is 29.8 Å². The molecule has 2 rings (SSSR count). The number of nitrogen functional groups attached to an aromatic ring is 1. The van der Waals surface area contributed by atoms with Gasteiger partial charge in [0.05, 0.1) is 5.41 Å². The van der Waals surface area contributed by atoms with E-state index in [-0.39, 0.29) is 5.91 Å². The summed E-state index contributed by atoms with van der Waals surface area (Å²) < 4.78 is 0. The number of nitrogens with one attached hydrogen (secondary N) is 1. The molecule has 1 fully saturated rings. The predicted octanol–water partition coefficient (Wildman–Crippen LogP) is 2.85. The molecule has 3 N–H and O–H groups in total. The molecule has 3 heteroatoms. The summed E-state index contributed by atoms with van der Waals surface area (Å²) in [6.07, 6.45) is 5.13. The van der Waals surface area contributed by atoms with Crippen LogP contribution in [0.2, 0.25) is 0 Å². The van der Waals surface area contributed by atoms with Crippen molar-refractivity contribution in [3.8, 4) is 0 Å². The molecule has 1 aromatic carbocycles. The minimum Gasteiger partial charge on any atom is -0.399 e. The van der Waals surface area contributed by atoms with Gasteiger partial charge in [0.15, 0.2) is 0 Å². The first kappa shape index (κ1) is 13.9. The zero-order valence-electron chi connectivity index (χ0n) is 11.9. The lowest BCUT2D eigenvalue weighted by molar-refractivity contribution is -0.125. The van der Waals surface area contributed by atoms with Crippen LogP contribution in [-0.4, -0.2) is 12.5 Å². The minimum atomic E-state index is -0.507. The molecule has 1 saturated carbocycles. The number of rotatable bonds is 5. The summed E-state index contributed by atoms with van der Waals surface area (Å²) in [5, 5.41) is 3.06. The quantitative estimate of drug-likeness (QED) is 0.800. The van der Waals surface area contributed by atoms with E-state index in [0.717, 1.165) is 30.1 Å². The van der Waals surface area contributed by atoms with Crippen molar-refractivity contribution in [2.75, 3.05) is 12.3 Å². The summed E-state index contributed by atoms with van der Waals surface area (Å²) >= 11 is 0. The lowest BCUT2D eigenvalue weighted by Crippen LogP contribution is -2.41. The Labute approximate surface area is 115 Å². The van der Waals surface area contributed by atoms with Crippen LogP contribution in [0.4, 0.5) is 5.69 Å². The first-order chi connectivity index (χ1) is 9.00. The Morgan fingerprint density at radius 3 is 2.47 bits per heavy atom. The average molecular weight is 260 g/mol. The van der Waals surface area contributed by atoms with Gasteiger partial charge in [-0.15, -0.1) is 0 Å². The molecule has 0 bridgehead atoms. The third-order valence-electron chi connectivity index (χ3n) is 4.26. The molecular formula is C16H24N2O. The molecule has 1 aliphatic rings. The number of carbonyl (C=O) groups excluding carboxylic acids is 1. The van der Waals surface area contributed by atoms with Crippen LogP contribution >= 0.6 is 0 Å². The van der Waals surface area contributed by atoms with Gasteiger partial charge in [-0.05, 0) is 43.9 Å². The van der Waals surface area contributed by atoms with Gasteiger partial charge in [-0.25, -0.2) is 0 Å². The van der Waals surface area contributed by atoms with E-state index in [9.17, 15) is 4.79 Å². The van der Waals surface area contributed by atoms with Gasteiger partial charge in [-0.1, -0.05) is 31.4 Å². The highest BCUT2D eigenvalue weighted by molar-refractivity contribution is 5.87. The molecule has 0 aliphatic heterocycles. The number of nitrogens with two attached hydrogens (primary N) is 1. The first-order valence-corrected chi connectivity index (χ1v) is 7.14. The van der Waals surface area contributed by atoms with Gasteiger partial charge in [0.1, 0.15) is 0 Å². The minimum absolute atomic E-state index is 0.0941. The van der Waals surface area contributed by atoms with Gasteiger partial charge >= 0.3 is 0 Å². The van der Waals surface area contributed by atoms with Crippen LogP contribution in [0.15, 0.2) is 24.3 Å². The van der Waals surface area contributed by atoms with Crippen LogP contribution in [0.5, 0.6) is 0 Å². The normalized spacial score (nSPS) is 15.9. The number of hydrogen-bond acceptors (Lipinski definition) is 2. The van der Waals surface area contributed by atoms with E-state index < -0.39 is 5.41 Å². The zero-order chi connectivity index (χ0) is 13.9. The molecule has 0 radical (unpaired) electrons. The van der Waals surface area contributed by atoms with E-state index >= 15 is 0 Å². The molecule has 1 aromatic rings. The van der Waals surface area contributed by atoms with Crippen LogP contribution in [0.1, 0.15) is 45.1 Å².